The van der Waals surface area contributed by atoms with E-state index < -0.39 is 6.10 Å². The number of morpholine rings is 2. The lowest BCUT2D eigenvalue weighted by Crippen LogP contribution is -2.37. The second-order valence-electron chi connectivity index (χ2n) is 14.4. The number of halogens is 1. The minimum absolute atomic E-state index is 0.506. The Morgan fingerprint density at radius 2 is 1.14 bits per heavy atom. The quantitative estimate of drug-likeness (QED) is 0.156. The third-order valence-corrected chi connectivity index (χ3v) is 11.1. The first kappa shape index (κ1) is 38.1. The number of aromatic nitrogens is 6. The fraction of sp³-hybridized carbons (Fsp3) is 0.318. The highest BCUT2D eigenvalue weighted by Crippen LogP contribution is 2.28. The van der Waals surface area contributed by atoms with Gasteiger partial charge in [-0.25, -0.2) is 19.0 Å². The van der Waals surface area contributed by atoms with Crippen LogP contribution in [0.3, 0.4) is 0 Å². The number of nitrogens with zero attached hydrogens (tertiary/aromatic N) is 8. The van der Waals surface area contributed by atoms with Crippen LogP contribution in [0, 0.1) is 0 Å². The lowest BCUT2D eigenvalue weighted by molar-refractivity contribution is 0.0384. The molecule has 2 aliphatic rings. The number of hydrogen-bond acceptors (Lipinski definition) is 9. The molecule has 3 aromatic carbocycles. The molecule has 2 aliphatic heterocycles. The molecule has 6 heterocycles. The molecule has 56 heavy (non-hydrogen) atoms. The molecule has 1 N–H and O–H groups in total. The van der Waals surface area contributed by atoms with Crippen molar-refractivity contribution in [2.75, 3.05) is 65.7 Å². The van der Waals surface area contributed by atoms with Crippen LogP contribution in [0.25, 0.3) is 44.7 Å². The number of rotatable bonds is 10. The molecule has 0 radical (unpaired) electrons. The van der Waals surface area contributed by atoms with Crippen molar-refractivity contribution in [2.45, 2.75) is 25.9 Å². The van der Waals surface area contributed by atoms with Crippen LogP contribution in [0.2, 0.25) is 0 Å². The van der Waals surface area contributed by atoms with E-state index in [2.05, 4.69) is 89.4 Å². The average Bonchev–Trinajstić information content (AvgIpc) is 3.86. The van der Waals surface area contributed by atoms with Gasteiger partial charge in [-0.15, -0.1) is 0 Å². The van der Waals surface area contributed by atoms with Gasteiger partial charge in [0.15, 0.2) is 11.3 Å². The molecule has 0 saturated carbocycles. The molecule has 0 unspecified atom stereocenters. The van der Waals surface area contributed by atoms with Crippen molar-refractivity contribution in [3.05, 3.63) is 131 Å². The summed E-state index contributed by atoms with van der Waals surface area (Å²) in [5.74, 6) is 0. The fourth-order valence-electron chi connectivity index (χ4n) is 7.14. The van der Waals surface area contributed by atoms with Crippen LogP contribution in [-0.2, 0) is 22.3 Å². The molecule has 7 aromatic rings. The van der Waals surface area contributed by atoms with Crippen LogP contribution in [0.5, 0.6) is 0 Å². The molecule has 4 aromatic heterocycles. The lowest BCUT2D eigenvalue weighted by atomic mass is 10.0. The number of aliphatic hydroxyl groups excluding tert-OH is 1. The van der Waals surface area contributed by atoms with E-state index in [-0.39, 0.29) is 0 Å². The SMILES string of the molecule is Brc1cnn2cc(-c3ccc(CCN4CCOCC4)cc3)cnc12.C[C@@H](O)c1cccc(-c2cnn3cc(-c4ccc(CCN5CCOCC5)cc4)cnc23)c1. The van der Waals surface area contributed by atoms with Crippen LogP contribution < -0.4 is 0 Å². The Hall–Kier alpha value is -4.82. The van der Waals surface area contributed by atoms with Crippen molar-refractivity contribution in [2.24, 2.45) is 0 Å². The molecule has 0 spiro atoms. The van der Waals surface area contributed by atoms with E-state index >= 15 is 0 Å². The minimum atomic E-state index is -0.506. The summed E-state index contributed by atoms with van der Waals surface area (Å²) in [6.07, 6.45) is 13.0. The Labute approximate surface area is 335 Å². The number of hydrogen-bond donors (Lipinski definition) is 1. The molecule has 288 valence electrons. The maximum Gasteiger partial charge on any atom is 0.169 e. The van der Waals surface area contributed by atoms with Crippen LogP contribution >= 0.6 is 15.9 Å². The van der Waals surface area contributed by atoms with Gasteiger partial charge in [-0.05, 0) is 75.1 Å². The first-order chi connectivity index (χ1) is 27.5. The van der Waals surface area contributed by atoms with E-state index in [1.54, 1.807) is 17.6 Å². The van der Waals surface area contributed by atoms with E-state index in [0.717, 1.165) is 133 Å². The van der Waals surface area contributed by atoms with Crippen LogP contribution in [0.1, 0.15) is 29.7 Å². The second kappa shape index (κ2) is 18.0. The molecule has 0 amide bonds. The Kier molecular flexibility index (Phi) is 12.2. The Bertz CT molecular complexity index is 2350. The van der Waals surface area contributed by atoms with Crippen LogP contribution in [-0.4, -0.2) is 110 Å². The van der Waals surface area contributed by atoms with Gasteiger partial charge in [0.05, 0.1) is 49.4 Å². The summed E-state index contributed by atoms with van der Waals surface area (Å²) >= 11 is 3.45. The standard InChI is InChI=1S/C26H28N4O2.C18H19BrN4O/c1-19(31)22-3-2-4-23(15-22)25-17-28-30-18-24(16-27-26(25)30)21-7-5-20(6-8-21)9-10-29-11-13-32-14-12-29;19-17-12-21-23-13-16(11-20-18(17)23)15-3-1-14(2-4-15)5-6-22-7-9-24-10-8-22/h2-8,15-19,31H,9-14H2,1H3;1-4,11-13H,5-10H2/t19-;/m1./s1. The summed E-state index contributed by atoms with van der Waals surface area (Å²) in [7, 11) is 0. The van der Waals surface area contributed by atoms with Crippen molar-refractivity contribution >= 4 is 27.2 Å². The van der Waals surface area contributed by atoms with Crippen LogP contribution in [0.15, 0.2) is 114 Å². The molecule has 0 aliphatic carbocycles. The smallest absolute Gasteiger partial charge is 0.169 e. The maximum atomic E-state index is 9.90. The van der Waals surface area contributed by atoms with Crippen molar-refractivity contribution in [3.63, 3.8) is 0 Å². The van der Waals surface area contributed by atoms with E-state index in [9.17, 15) is 5.11 Å². The van der Waals surface area contributed by atoms with Gasteiger partial charge in [-0.2, -0.15) is 10.2 Å². The molecule has 1 atom stereocenters. The maximum absolute atomic E-state index is 9.90. The molecule has 2 fully saturated rings. The molecular formula is C44H47BrN8O3. The highest BCUT2D eigenvalue weighted by Gasteiger charge is 2.14. The molecule has 12 heteroatoms. The number of benzene rings is 3. The van der Waals surface area contributed by atoms with Gasteiger partial charge in [0, 0.05) is 80.7 Å². The minimum Gasteiger partial charge on any atom is -0.389 e. The monoisotopic (exact) mass is 814 g/mol. The van der Waals surface area contributed by atoms with Crippen LogP contribution in [0.4, 0.5) is 0 Å². The van der Waals surface area contributed by atoms with Crippen molar-refractivity contribution in [1.82, 2.24) is 39.0 Å². The van der Waals surface area contributed by atoms with E-state index in [0.29, 0.717) is 0 Å². The summed E-state index contributed by atoms with van der Waals surface area (Å²) in [6, 6.07) is 25.4. The summed E-state index contributed by atoms with van der Waals surface area (Å²) in [4.78, 5) is 14.1. The molecular weight excluding hydrogens is 768 g/mol. The van der Waals surface area contributed by atoms with E-state index in [1.807, 2.05) is 59.8 Å². The Balaban J connectivity index is 0.000000164. The van der Waals surface area contributed by atoms with Gasteiger partial charge >= 0.3 is 0 Å². The second-order valence-corrected chi connectivity index (χ2v) is 15.2. The first-order valence-electron chi connectivity index (χ1n) is 19.4. The van der Waals surface area contributed by atoms with Crippen molar-refractivity contribution in [3.8, 4) is 33.4 Å². The largest absolute Gasteiger partial charge is 0.389 e. The zero-order valence-electron chi connectivity index (χ0n) is 31.7. The predicted octanol–water partition coefficient (Wildman–Crippen LogP) is 7.02. The van der Waals surface area contributed by atoms with Gasteiger partial charge < -0.3 is 14.6 Å². The third-order valence-electron chi connectivity index (χ3n) is 10.6. The average molecular weight is 816 g/mol. The number of aliphatic hydroxyl groups is 1. The topological polar surface area (TPSA) is 106 Å². The molecule has 11 nitrogen and oxygen atoms in total. The summed E-state index contributed by atoms with van der Waals surface area (Å²) in [6.45, 7) is 11.5. The van der Waals surface area contributed by atoms with Gasteiger partial charge in [0.1, 0.15) is 0 Å². The zero-order valence-corrected chi connectivity index (χ0v) is 33.3. The van der Waals surface area contributed by atoms with Crippen molar-refractivity contribution < 1.29 is 14.6 Å². The highest BCUT2D eigenvalue weighted by atomic mass is 79.9. The highest BCUT2D eigenvalue weighted by molar-refractivity contribution is 9.10. The summed E-state index contributed by atoms with van der Waals surface area (Å²) < 4.78 is 15.3. The molecule has 0 bridgehead atoms. The summed E-state index contributed by atoms with van der Waals surface area (Å²) in [5, 5.41) is 18.7. The van der Waals surface area contributed by atoms with Gasteiger partial charge in [0.2, 0.25) is 0 Å². The number of ether oxygens (including phenoxy) is 2. The van der Waals surface area contributed by atoms with Gasteiger partial charge in [0.25, 0.3) is 0 Å². The normalized spacial score (nSPS) is 15.8. The van der Waals surface area contributed by atoms with E-state index in [4.69, 9.17) is 14.5 Å². The van der Waals surface area contributed by atoms with Gasteiger partial charge in [-0.3, -0.25) is 9.80 Å². The fourth-order valence-corrected chi connectivity index (χ4v) is 7.52. The predicted molar refractivity (Wildman–Crippen MR) is 223 cm³/mol. The number of fused-ring (bicyclic) bond motifs is 2. The lowest BCUT2D eigenvalue weighted by Gasteiger charge is -2.26. The Morgan fingerprint density at radius 1 is 0.625 bits per heavy atom. The zero-order chi connectivity index (χ0) is 38.3. The summed E-state index contributed by atoms with van der Waals surface area (Å²) in [5.41, 5.74) is 11.6. The Morgan fingerprint density at radius 3 is 1.70 bits per heavy atom. The van der Waals surface area contributed by atoms with Gasteiger partial charge in [-0.1, -0.05) is 66.7 Å². The van der Waals surface area contributed by atoms with E-state index in [1.165, 1.54) is 11.1 Å². The first-order valence-corrected chi connectivity index (χ1v) is 20.2. The molecule has 9 rings (SSSR count). The van der Waals surface area contributed by atoms with Crippen molar-refractivity contribution in [1.29, 1.82) is 0 Å². The third kappa shape index (κ3) is 9.24. The molecule has 2 saturated heterocycles.